The molecule has 102 valence electrons. The fourth-order valence-corrected chi connectivity index (χ4v) is 1.41. The Hall–Kier alpha value is -1.33. The van der Waals surface area contributed by atoms with Crippen LogP contribution in [-0.4, -0.2) is 23.6 Å². The molecule has 0 radical (unpaired) electrons. The van der Waals surface area contributed by atoms with Crippen molar-refractivity contribution < 1.29 is 14.3 Å². The van der Waals surface area contributed by atoms with Gasteiger partial charge in [-0.3, -0.25) is 10.1 Å². The summed E-state index contributed by atoms with van der Waals surface area (Å²) in [4.78, 5) is 11.7. The maximum absolute atomic E-state index is 11.7. The Kier molecular flexibility index (Phi) is 5.88. The van der Waals surface area contributed by atoms with Crippen LogP contribution < -0.4 is 10.6 Å². The van der Waals surface area contributed by atoms with E-state index in [0.717, 1.165) is 0 Å². The van der Waals surface area contributed by atoms with Crippen molar-refractivity contribution in [1.82, 2.24) is 10.6 Å². The second-order valence-corrected chi connectivity index (χ2v) is 4.77. The van der Waals surface area contributed by atoms with Crippen LogP contribution in [0.4, 0.5) is 0 Å². The maximum Gasteiger partial charge on any atom is 0.236 e. The van der Waals surface area contributed by atoms with Crippen molar-refractivity contribution in [3.8, 4) is 0 Å². The van der Waals surface area contributed by atoms with Crippen molar-refractivity contribution in [3.05, 3.63) is 23.7 Å². The number of aliphatic hydroxyl groups is 1. The molecule has 0 aliphatic rings. The van der Waals surface area contributed by atoms with Crippen molar-refractivity contribution in [2.45, 2.75) is 40.0 Å². The second-order valence-electron chi connectivity index (χ2n) is 4.77. The van der Waals surface area contributed by atoms with Crippen LogP contribution in [0, 0.1) is 5.92 Å². The van der Waals surface area contributed by atoms with Crippen LogP contribution >= 0.6 is 0 Å². The number of aliphatic hydroxyl groups excluding tert-OH is 1. The number of rotatable bonds is 7. The molecule has 0 aliphatic carbocycles. The summed E-state index contributed by atoms with van der Waals surface area (Å²) >= 11 is 0. The van der Waals surface area contributed by atoms with Crippen LogP contribution in [0.3, 0.4) is 0 Å². The first-order chi connectivity index (χ1) is 8.52. The molecule has 0 saturated heterocycles. The summed E-state index contributed by atoms with van der Waals surface area (Å²) in [6, 6.07) is 3.24. The summed E-state index contributed by atoms with van der Waals surface area (Å²) < 4.78 is 5.32. The van der Waals surface area contributed by atoms with Gasteiger partial charge in [0.25, 0.3) is 0 Å². The third-order valence-corrected chi connectivity index (χ3v) is 2.53. The van der Waals surface area contributed by atoms with Crippen LogP contribution in [0.15, 0.2) is 16.5 Å². The standard InChI is InChI=1S/C13H22N2O3/c1-9(2)6-15-13(17)10(3)14-7-11-4-5-12(8-16)18-11/h4-5,9-10,14,16H,6-8H2,1-3H3,(H,15,17). The van der Waals surface area contributed by atoms with Gasteiger partial charge in [0.1, 0.15) is 18.1 Å². The molecule has 1 unspecified atom stereocenters. The van der Waals surface area contributed by atoms with Gasteiger partial charge in [0, 0.05) is 6.54 Å². The van der Waals surface area contributed by atoms with E-state index in [1.807, 2.05) is 6.92 Å². The molecule has 0 spiro atoms. The van der Waals surface area contributed by atoms with Gasteiger partial charge < -0.3 is 14.8 Å². The van der Waals surface area contributed by atoms with Gasteiger partial charge in [-0.1, -0.05) is 13.8 Å². The van der Waals surface area contributed by atoms with E-state index in [0.29, 0.717) is 30.5 Å². The average molecular weight is 254 g/mol. The Morgan fingerprint density at radius 1 is 1.33 bits per heavy atom. The lowest BCUT2D eigenvalue weighted by molar-refractivity contribution is -0.122. The molecule has 1 amide bonds. The largest absolute Gasteiger partial charge is 0.462 e. The highest BCUT2D eigenvalue weighted by Crippen LogP contribution is 2.07. The minimum atomic E-state index is -0.272. The molecular formula is C13H22N2O3. The molecule has 1 aromatic rings. The fourth-order valence-electron chi connectivity index (χ4n) is 1.41. The van der Waals surface area contributed by atoms with Crippen molar-refractivity contribution in [1.29, 1.82) is 0 Å². The van der Waals surface area contributed by atoms with E-state index in [1.165, 1.54) is 0 Å². The summed E-state index contributed by atoms with van der Waals surface area (Å²) in [6.45, 7) is 6.96. The van der Waals surface area contributed by atoms with Crippen LogP contribution in [0.25, 0.3) is 0 Å². The van der Waals surface area contributed by atoms with Crippen molar-refractivity contribution in [3.63, 3.8) is 0 Å². The number of hydrogen-bond acceptors (Lipinski definition) is 4. The minimum Gasteiger partial charge on any atom is -0.462 e. The quantitative estimate of drug-likeness (QED) is 0.679. The molecule has 1 heterocycles. The van der Waals surface area contributed by atoms with E-state index in [1.54, 1.807) is 12.1 Å². The lowest BCUT2D eigenvalue weighted by atomic mass is 10.2. The van der Waals surface area contributed by atoms with Gasteiger partial charge in [-0.15, -0.1) is 0 Å². The number of amides is 1. The summed E-state index contributed by atoms with van der Waals surface area (Å²) in [6.07, 6.45) is 0. The number of hydrogen-bond donors (Lipinski definition) is 3. The molecule has 5 heteroatoms. The predicted molar refractivity (Wildman–Crippen MR) is 68.8 cm³/mol. The van der Waals surface area contributed by atoms with Gasteiger partial charge in [0.05, 0.1) is 12.6 Å². The molecule has 3 N–H and O–H groups in total. The molecule has 5 nitrogen and oxygen atoms in total. The van der Waals surface area contributed by atoms with Crippen molar-refractivity contribution >= 4 is 5.91 Å². The molecule has 0 bridgehead atoms. The average Bonchev–Trinajstić information content (AvgIpc) is 2.80. The van der Waals surface area contributed by atoms with E-state index in [2.05, 4.69) is 24.5 Å². The number of carbonyl (C=O) groups excluding carboxylic acids is 1. The molecule has 1 aromatic heterocycles. The van der Waals surface area contributed by atoms with Gasteiger partial charge in [0.15, 0.2) is 0 Å². The van der Waals surface area contributed by atoms with Crippen LogP contribution in [0.1, 0.15) is 32.3 Å². The topological polar surface area (TPSA) is 74.5 Å². The molecular weight excluding hydrogens is 232 g/mol. The first-order valence-electron chi connectivity index (χ1n) is 6.22. The van der Waals surface area contributed by atoms with E-state index in [9.17, 15) is 4.79 Å². The zero-order valence-electron chi connectivity index (χ0n) is 11.2. The Morgan fingerprint density at radius 3 is 2.56 bits per heavy atom. The summed E-state index contributed by atoms with van der Waals surface area (Å²) in [5.74, 6) is 1.67. The van der Waals surface area contributed by atoms with Gasteiger partial charge in [-0.2, -0.15) is 0 Å². The second kappa shape index (κ2) is 7.18. The zero-order chi connectivity index (χ0) is 13.5. The molecule has 18 heavy (non-hydrogen) atoms. The number of furan rings is 1. The van der Waals surface area contributed by atoms with Crippen molar-refractivity contribution in [2.24, 2.45) is 5.92 Å². The lowest BCUT2D eigenvalue weighted by Gasteiger charge is -2.14. The first kappa shape index (κ1) is 14.7. The highest BCUT2D eigenvalue weighted by molar-refractivity contribution is 5.81. The molecule has 0 fully saturated rings. The third-order valence-electron chi connectivity index (χ3n) is 2.53. The number of nitrogens with one attached hydrogen (secondary N) is 2. The number of carbonyl (C=O) groups is 1. The maximum atomic E-state index is 11.7. The Balaban J connectivity index is 2.31. The van der Waals surface area contributed by atoms with Gasteiger partial charge in [-0.05, 0) is 25.0 Å². The van der Waals surface area contributed by atoms with E-state index < -0.39 is 0 Å². The fraction of sp³-hybridized carbons (Fsp3) is 0.615. The van der Waals surface area contributed by atoms with Gasteiger partial charge >= 0.3 is 0 Å². The Labute approximate surface area is 108 Å². The lowest BCUT2D eigenvalue weighted by Crippen LogP contribution is -2.42. The summed E-state index contributed by atoms with van der Waals surface area (Å²) in [5.41, 5.74) is 0. The Morgan fingerprint density at radius 2 is 2.00 bits per heavy atom. The highest BCUT2D eigenvalue weighted by atomic mass is 16.4. The van der Waals surface area contributed by atoms with E-state index in [-0.39, 0.29) is 18.6 Å². The van der Waals surface area contributed by atoms with Crippen molar-refractivity contribution in [2.75, 3.05) is 6.54 Å². The zero-order valence-corrected chi connectivity index (χ0v) is 11.2. The predicted octanol–water partition coefficient (Wildman–Crippen LogP) is 1.02. The SMILES string of the molecule is CC(C)CNC(=O)C(C)NCc1ccc(CO)o1. The van der Waals surface area contributed by atoms with Crippen LogP contribution in [0.2, 0.25) is 0 Å². The molecule has 0 saturated carbocycles. The van der Waals surface area contributed by atoms with E-state index >= 15 is 0 Å². The molecule has 0 aromatic carbocycles. The molecule has 0 aliphatic heterocycles. The van der Waals surface area contributed by atoms with Crippen LogP contribution in [-0.2, 0) is 17.9 Å². The Bertz CT molecular complexity index is 374. The highest BCUT2D eigenvalue weighted by Gasteiger charge is 2.12. The first-order valence-corrected chi connectivity index (χ1v) is 6.22. The van der Waals surface area contributed by atoms with Gasteiger partial charge in [-0.25, -0.2) is 0 Å². The van der Waals surface area contributed by atoms with E-state index in [4.69, 9.17) is 9.52 Å². The molecule has 1 atom stereocenters. The third kappa shape index (κ3) is 4.89. The van der Waals surface area contributed by atoms with Gasteiger partial charge in [0.2, 0.25) is 5.91 Å². The smallest absolute Gasteiger partial charge is 0.236 e. The van der Waals surface area contributed by atoms with Crippen LogP contribution in [0.5, 0.6) is 0 Å². The summed E-state index contributed by atoms with van der Waals surface area (Å²) in [7, 11) is 0. The normalized spacial score (nSPS) is 12.7. The minimum absolute atomic E-state index is 0.0161. The molecule has 1 rings (SSSR count). The summed E-state index contributed by atoms with van der Waals surface area (Å²) in [5, 5.41) is 14.8. The monoisotopic (exact) mass is 254 g/mol.